The highest BCUT2D eigenvalue weighted by Gasteiger charge is 2.77. The molecule has 11 atom stereocenters. The van der Waals surface area contributed by atoms with Gasteiger partial charge in [-0.05, 0) is 91.4 Å². The van der Waals surface area contributed by atoms with E-state index in [2.05, 4.69) is 41.5 Å². The lowest BCUT2D eigenvalue weighted by molar-refractivity contribution is -0.218. The fourth-order valence-electron chi connectivity index (χ4n) is 11.3. The summed E-state index contributed by atoms with van der Waals surface area (Å²) in [4.78, 5) is 39.9. The molecule has 0 amide bonds. The number of rotatable bonds is 2. The maximum absolute atomic E-state index is 14.6. The first-order valence-electron chi connectivity index (χ1n) is 15.2. The molecule has 0 spiro atoms. The van der Waals surface area contributed by atoms with Gasteiger partial charge in [0.05, 0.1) is 18.6 Å². The van der Waals surface area contributed by atoms with Crippen molar-refractivity contribution in [2.24, 2.45) is 50.2 Å². The van der Waals surface area contributed by atoms with E-state index in [1.807, 2.05) is 13.0 Å². The van der Waals surface area contributed by atoms with E-state index < -0.39 is 16.9 Å². The van der Waals surface area contributed by atoms with E-state index in [1.54, 1.807) is 0 Å². The molecule has 0 radical (unpaired) electrons. The molecule has 6 heteroatoms. The first-order chi connectivity index (χ1) is 18.0. The summed E-state index contributed by atoms with van der Waals surface area (Å²) in [5, 5.41) is 0. The molecule has 0 aromatic heterocycles. The SMILES string of the molecule is COC(=O)[C@@]1(C)CC[C@]2(C)CC[C@]3(C)C(=CC(=O)C4[C@]5(C)C(CC[C@]43C)C(C)(C)[C@@H]3O[C@@H]3[C@@H]5OC(C)=O)C2C1. The third kappa shape index (κ3) is 3.27. The highest BCUT2D eigenvalue weighted by Crippen LogP contribution is 2.76. The van der Waals surface area contributed by atoms with E-state index in [4.69, 9.17) is 14.2 Å². The molecule has 0 aromatic carbocycles. The molecule has 3 unspecified atom stereocenters. The number of methoxy groups -OCH3 is 1. The van der Waals surface area contributed by atoms with Gasteiger partial charge in [-0.15, -0.1) is 0 Å². The molecule has 1 saturated heterocycles. The number of hydrogen-bond acceptors (Lipinski definition) is 6. The first kappa shape index (κ1) is 27.5. The van der Waals surface area contributed by atoms with E-state index in [-0.39, 0.29) is 69.3 Å². The smallest absolute Gasteiger partial charge is 0.311 e. The fourth-order valence-corrected chi connectivity index (χ4v) is 11.3. The molecular weight excluding hydrogens is 492 g/mol. The predicted molar refractivity (Wildman–Crippen MR) is 146 cm³/mol. The molecule has 0 aromatic rings. The van der Waals surface area contributed by atoms with Gasteiger partial charge >= 0.3 is 11.9 Å². The van der Waals surface area contributed by atoms with Crippen molar-refractivity contribution < 1.29 is 28.6 Å². The number of esters is 2. The normalized spacial score (nSPS) is 53.1. The van der Waals surface area contributed by atoms with Gasteiger partial charge in [-0.2, -0.15) is 0 Å². The minimum absolute atomic E-state index is 0.0679. The Hall–Kier alpha value is -1.69. The number of fused-ring (bicyclic) bond motifs is 8. The van der Waals surface area contributed by atoms with Gasteiger partial charge in [0.25, 0.3) is 0 Å². The zero-order valence-corrected chi connectivity index (χ0v) is 25.4. The van der Waals surface area contributed by atoms with E-state index in [1.165, 1.54) is 19.6 Å². The fraction of sp³-hybridized carbons (Fsp3) is 0.848. The van der Waals surface area contributed by atoms with Gasteiger partial charge in [0.15, 0.2) is 5.78 Å². The summed E-state index contributed by atoms with van der Waals surface area (Å²) in [7, 11) is 1.49. The van der Waals surface area contributed by atoms with Crippen LogP contribution < -0.4 is 0 Å². The number of ketones is 1. The summed E-state index contributed by atoms with van der Waals surface area (Å²) in [5.74, 6) is -0.131. The molecule has 4 saturated carbocycles. The number of carbonyl (C=O) groups is 3. The molecule has 6 rings (SSSR count). The van der Waals surface area contributed by atoms with Gasteiger partial charge < -0.3 is 14.2 Å². The van der Waals surface area contributed by atoms with E-state index in [0.29, 0.717) is 0 Å². The summed E-state index contributed by atoms with van der Waals surface area (Å²) in [5.41, 5.74) is -0.271. The van der Waals surface area contributed by atoms with Crippen LogP contribution in [0.15, 0.2) is 11.6 Å². The second kappa shape index (κ2) is 7.98. The van der Waals surface area contributed by atoms with Gasteiger partial charge in [0, 0.05) is 18.3 Å². The van der Waals surface area contributed by atoms with Crippen LogP contribution in [0.4, 0.5) is 0 Å². The van der Waals surface area contributed by atoms with Crippen molar-refractivity contribution in [2.45, 2.75) is 119 Å². The van der Waals surface area contributed by atoms with Crippen LogP contribution in [-0.4, -0.2) is 43.1 Å². The van der Waals surface area contributed by atoms with E-state index >= 15 is 0 Å². The summed E-state index contributed by atoms with van der Waals surface area (Å²) in [6.45, 7) is 17.4. The van der Waals surface area contributed by atoms with Gasteiger partial charge in [-0.25, -0.2) is 0 Å². The minimum Gasteiger partial charge on any atom is -0.469 e. The zero-order valence-electron chi connectivity index (χ0n) is 25.4. The van der Waals surface area contributed by atoms with Crippen LogP contribution in [0.2, 0.25) is 0 Å². The molecule has 6 nitrogen and oxygen atoms in total. The van der Waals surface area contributed by atoms with Crippen LogP contribution in [-0.2, 0) is 28.6 Å². The van der Waals surface area contributed by atoms with Crippen LogP contribution in [0.3, 0.4) is 0 Å². The third-order valence-electron chi connectivity index (χ3n) is 13.8. The molecule has 5 aliphatic carbocycles. The lowest BCUT2D eigenvalue weighted by Crippen LogP contribution is -2.70. The Labute approximate surface area is 234 Å². The second-order valence-corrected chi connectivity index (χ2v) is 16.0. The van der Waals surface area contributed by atoms with Gasteiger partial charge in [-0.3, -0.25) is 14.4 Å². The summed E-state index contributed by atoms with van der Waals surface area (Å²) in [6, 6.07) is 0. The molecule has 1 heterocycles. The van der Waals surface area contributed by atoms with Crippen molar-refractivity contribution in [2.75, 3.05) is 7.11 Å². The van der Waals surface area contributed by atoms with E-state index in [0.717, 1.165) is 44.9 Å². The summed E-state index contributed by atoms with van der Waals surface area (Å²) >= 11 is 0. The minimum atomic E-state index is -0.533. The molecule has 0 bridgehead atoms. The standard InChI is InChI=1S/C33H48O6/c1-18(34)38-26-23-25(39-23)28(2,3)22-10-11-32(7)24(33(22,26)8)21(35)16-19-20-17-30(5,27(36)37-9)13-12-29(20,4)14-15-31(19,32)6/h16,20,22-26H,10-15,17H2,1-9H3/t20?,22?,23-,24?,25+,26-,29+,30-,31+,32+,33-/m0/s1. The van der Waals surface area contributed by atoms with Crippen LogP contribution in [0, 0.1) is 50.2 Å². The van der Waals surface area contributed by atoms with Crippen LogP contribution in [0.5, 0.6) is 0 Å². The maximum atomic E-state index is 14.6. The number of allylic oxidation sites excluding steroid dienone is 2. The van der Waals surface area contributed by atoms with E-state index in [9.17, 15) is 14.4 Å². The Morgan fingerprint density at radius 3 is 2.28 bits per heavy atom. The number of hydrogen-bond donors (Lipinski definition) is 0. The predicted octanol–water partition coefficient (Wildman–Crippen LogP) is 6.06. The Morgan fingerprint density at radius 2 is 1.64 bits per heavy atom. The highest BCUT2D eigenvalue weighted by atomic mass is 16.6. The topological polar surface area (TPSA) is 82.2 Å². The van der Waals surface area contributed by atoms with Crippen LogP contribution >= 0.6 is 0 Å². The zero-order chi connectivity index (χ0) is 28.6. The van der Waals surface area contributed by atoms with Crippen molar-refractivity contribution in [3.8, 4) is 0 Å². The van der Waals surface area contributed by atoms with Crippen molar-refractivity contribution in [1.29, 1.82) is 0 Å². The highest BCUT2D eigenvalue weighted by molar-refractivity contribution is 5.96. The van der Waals surface area contributed by atoms with Crippen molar-refractivity contribution in [3.63, 3.8) is 0 Å². The lowest BCUT2D eigenvalue weighted by Gasteiger charge is -2.70. The first-order valence-corrected chi connectivity index (χ1v) is 15.2. The van der Waals surface area contributed by atoms with Crippen molar-refractivity contribution in [1.82, 2.24) is 0 Å². The second-order valence-electron chi connectivity index (χ2n) is 16.0. The number of ether oxygens (including phenoxy) is 3. The summed E-state index contributed by atoms with van der Waals surface area (Å²) in [6.07, 6.45) is 8.09. The average molecular weight is 541 g/mol. The lowest BCUT2D eigenvalue weighted by atomic mass is 9.33. The van der Waals surface area contributed by atoms with Crippen LogP contribution in [0.1, 0.15) is 100 Å². The monoisotopic (exact) mass is 540 g/mol. The third-order valence-corrected chi connectivity index (χ3v) is 13.8. The molecule has 0 N–H and O–H groups in total. The van der Waals surface area contributed by atoms with Gasteiger partial charge in [0.1, 0.15) is 12.2 Å². The van der Waals surface area contributed by atoms with Gasteiger partial charge in [0.2, 0.25) is 0 Å². The average Bonchev–Trinajstić information content (AvgIpc) is 3.65. The Balaban J connectivity index is 1.48. The molecule has 39 heavy (non-hydrogen) atoms. The molecule has 1 aliphatic heterocycles. The van der Waals surface area contributed by atoms with Crippen molar-refractivity contribution >= 4 is 17.7 Å². The molecule has 216 valence electrons. The summed E-state index contributed by atoms with van der Waals surface area (Å²) < 4.78 is 17.6. The quantitative estimate of drug-likeness (QED) is 0.313. The Bertz CT molecular complexity index is 1170. The molecule has 5 fully saturated rings. The molecule has 6 aliphatic rings. The van der Waals surface area contributed by atoms with Gasteiger partial charge in [-0.1, -0.05) is 47.1 Å². The number of carbonyl (C=O) groups excluding carboxylic acids is 3. The largest absolute Gasteiger partial charge is 0.469 e. The Morgan fingerprint density at radius 1 is 0.974 bits per heavy atom. The number of epoxide rings is 1. The van der Waals surface area contributed by atoms with Crippen LogP contribution in [0.25, 0.3) is 0 Å². The molecular formula is C33H48O6. The maximum Gasteiger partial charge on any atom is 0.311 e. The Kier molecular flexibility index (Phi) is 5.62. The van der Waals surface area contributed by atoms with Crippen molar-refractivity contribution in [3.05, 3.63) is 11.6 Å².